The van der Waals surface area contributed by atoms with Crippen LogP contribution >= 0.6 is 11.8 Å². The van der Waals surface area contributed by atoms with E-state index in [1.54, 1.807) is 12.1 Å². The van der Waals surface area contributed by atoms with Crippen molar-refractivity contribution in [1.82, 2.24) is 4.98 Å². The van der Waals surface area contributed by atoms with E-state index >= 15 is 0 Å². The molecule has 0 bridgehead atoms. The molecule has 0 aliphatic heterocycles. The van der Waals surface area contributed by atoms with Gasteiger partial charge in [0, 0.05) is 11.1 Å². The number of nitrogens with zero attached hydrogens (tertiary/aromatic N) is 2. The van der Waals surface area contributed by atoms with Crippen molar-refractivity contribution in [3.05, 3.63) is 53.9 Å². The van der Waals surface area contributed by atoms with Crippen LogP contribution in [0.3, 0.4) is 0 Å². The Balaban J connectivity index is 2.38. The third-order valence-electron chi connectivity index (χ3n) is 1.99. The van der Waals surface area contributed by atoms with Gasteiger partial charge in [0.25, 0.3) is 0 Å². The minimum atomic E-state index is -0.524. The topological polar surface area (TPSA) is 36.7 Å². The molecule has 0 N–H and O–H groups in total. The number of pyridine rings is 1. The van der Waals surface area contributed by atoms with Crippen molar-refractivity contribution < 1.29 is 8.78 Å². The molecule has 17 heavy (non-hydrogen) atoms. The van der Waals surface area contributed by atoms with Crippen molar-refractivity contribution in [2.45, 2.75) is 9.79 Å². The van der Waals surface area contributed by atoms with Gasteiger partial charge < -0.3 is 0 Å². The predicted octanol–water partition coefficient (Wildman–Crippen LogP) is 3.38. The summed E-state index contributed by atoms with van der Waals surface area (Å²) in [5.74, 6) is -1.04. The molecule has 0 saturated heterocycles. The number of halogens is 2. The Bertz CT molecular complexity index is 593. The lowest BCUT2D eigenvalue weighted by molar-refractivity contribution is 0.577. The van der Waals surface area contributed by atoms with E-state index in [0.29, 0.717) is 4.90 Å². The lowest BCUT2D eigenvalue weighted by Gasteiger charge is -2.04. The van der Waals surface area contributed by atoms with Gasteiger partial charge in [-0.3, -0.25) is 0 Å². The predicted molar refractivity (Wildman–Crippen MR) is 59.4 cm³/mol. The Morgan fingerprint density at radius 3 is 2.76 bits per heavy atom. The molecule has 1 aromatic heterocycles. The molecule has 0 saturated carbocycles. The Morgan fingerprint density at radius 1 is 1.18 bits per heavy atom. The lowest BCUT2D eigenvalue weighted by atomic mass is 10.3. The number of aromatic nitrogens is 1. The van der Waals surface area contributed by atoms with Crippen molar-refractivity contribution in [1.29, 1.82) is 5.26 Å². The molecule has 0 aliphatic rings. The number of benzene rings is 1. The summed E-state index contributed by atoms with van der Waals surface area (Å²) in [5.41, 5.74) is 0.196. The molecule has 0 amide bonds. The van der Waals surface area contributed by atoms with Crippen LogP contribution in [0.5, 0.6) is 0 Å². The van der Waals surface area contributed by atoms with Gasteiger partial charge in [0.1, 0.15) is 17.7 Å². The summed E-state index contributed by atoms with van der Waals surface area (Å²) in [6.07, 6.45) is 1.48. The molecule has 0 spiro atoms. The monoisotopic (exact) mass is 248 g/mol. The summed E-state index contributed by atoms with van der Waals surface area (Å²) < 4.78 is 26.4. The first kappa shape index (κ1) is 11.6. The van der Waals surface area contributed by atoms with Gasteiger partial charge >= 0.3 is 0 Å². The van der Waals surface area contributed by atoms with E-state index in [4.69, 9.17) is 5.26 Å². The van der Waals surface area contributed by atoms with Crippen LogP contribution in [0, 0.1) is 23.0 Å². The Morgan fingerprint density at radius 2 is 2.00 bits per heavy atom. The van der Waals surface area contributed by atoms with E-state index in [1.165, 1.54) is 6.20 Å². The van der Waals surface area contributed by atoms with Crippen LogP contribution in [0.1, 0.15) is 5.69 Å². The quantitative estimate of drug-likeness (QED) is 0.817. The lowest BCUT2D eigenvalue weighted by Crippen LogP contribution is -1.88. The van der Waals surface area contributed by atoms with E-state index in [1.807, 2.05) is 6.07 Å². The molecule has 5 heteroatoms. The normalized spacial score (nSPS) is 9.94. The average Bonchev–Trinajstić information content (AvgIpc) is 2.34. The van der Waals surface area contributed by atoms with Crippen molar-refractivity contribution >= 4 is 11.8 Å². The molecule has 2 rings (SSSR count). The maximum absolute atomic E-state index is 13.4. The standard InChI is InChI=1S/C12H6F2N2S/c13-8-3-4-9(14)12(6-8)17-11-2-1-5-16-10(11)7-15/h1-6H. The van der Waals surface area contributed by atoms with Crippen molar-refractivity contribution in [2.75, 3.05) is 0 Å². The molecular weight excluding hydrogens is 242 g/mol. The summed E-state index contributed by atoms with van der Waals surface area (Å²) in [6.45, 7) is 0. The van der Waals surface area contributed by atoms with Gasteiger partial charge in [0.05, 0.1) is 4.90 Å². The van der Waals surface area contributed by atoms with Crippen LogP contribution in [-0.2, 0) is 0 Å². The minimum Gasteiger partial charge on any atom is -0.244 e. The van der Waals surface area contributed by atoms with E-state index < -0.39 is 11.6 Å². The molecule has 0 aliphatic carbocycles. The van der Waals surface area contributed by atoms with E-state index in [2.05, 4.69) is 4.98 Å². The third kappa shape index (κ3) is 2.60. The van der Waals surface area contributed by atoms with Gasteiger partial charge in [-0.2, -0.15) is 5.26 Å². The van der Waals surface area contributed by atoms with Gasteiger partial charge in [-0.25, -0.2) is 13.8 Å². The fourth-order valence-corrected chi connectivity index (χ4v) is 2.15. The highest BCUT2D eigenvalue weighted by molar-refractivity contribution is 7.99. The van der Waals surface area contributed by atoms with E-state index in [9.17, 15) is 8.78 Å². The molecule has 0 fully saturated rings. The highest BCUT2D eigenvalue weighted by atomic mass is 32.2. The number of rotatable bonds is 2. The van der Waals surface area contributed by atoms with Crippen LogP contribution in [0.25, 0.3) is 0 Å². The number of nitriles is 1. The molecule has 84 valence electrons. The Labute approximate surface area is 101 Å². The van der Waals surface area contributed by atoms with Crippen molar-refractivity contribution in [3.8, 4) is 6.07 Å². The molecule has 0 radical (unpaired) electrons. The van der Waals surface area contributed by atoms with Crippen LogP contribution in [0.15, 0.2) is 46.3 Å². The molecule has 2 aromatic rings. The minimum absolute atomic E-state index is 0.134. The fourth-order valence-electron chi connectivity index (χ4n) is 1.23. The van der Waals surface area contributed by atoms with Gasteiger partial charge in [-0.05, 0) is 30.3 Å². The third-order valence-corrected chi connectivity index (χ3v) is 3.07. The average molecular weight is 248 g/mol. The highest BCUT2D eigenvalue weighted by Crippen LogP contribution is 2.31. The van der Waals surface area contributed by atoms with Crippen LogP contribution in [-0.4, -0.2) is 4.98 Å². The number of hydrogen-bond donors (Lipinski definition) is 0. The first-order valence-corrected chi connectivity index (χ1v) is 5.50. The SMILES string of the molecule is N#Cc1ncccc1Sc1cc(F)ccc1F. The summed E-state index contributed by atoms with van der Waals surface area (Å²) in [4.78, 5) is 4.48. The maximum atomic E-state index is 13.4. The molecule has 2 nitrogen and oxygen atoms in total. The zero-order chi connectivity index (χ0) is 12.3. The summed E-state index contributed by atoms with van der Waals surface area (Å²) in [5, 5.41) is 8.83. The summed E-state index contributed by atoms with van der Waals surface area (Å²) >= 11 is 0.980. The van der Waals surface area contributed by atoms with Gasteiger partial charge in [0.2, 0.25) is 0 Å². The van der Waals surface area contributed by atoms with Gasteiger partial charge in [0.15, 0.2) is 5.69 Å². The van der Waals surface area contributed by atoms with Gasteiger partial charge in [-0.1, -0.05) is 11.8 Å². The van der Waals surface area contributed by atoms with Crippen LogP contribution < -0.4 is 0 Å². The molecular formula is C12H6F2N2S. The van der Waals surface area contributed by atoms with E-state index in [-0.39, 0.29) is 10.6 Å². The second kappa shape index (κ2) is 4.93. The molecule has 0 atom stereocenters. The van der Waals surface area contributed by atoms with Crippen molar-refractivity contribution in [3.63, 3.8) is 0 Å². The largest absolute Gasteiger partial charge is 0.244 e. The molecule has 1 heterocycles. The Hall–Kier alpha value is -1.93. The summed E-state index contributed by atoms with van der Waals surface area (Å²) in [6, 6.07) is 8.38. The van der Waals surface area contributed by atoms with Gasteiger partial charge in [-0.15, -0.1) is 0 Å². The Kier molecular flexibility index (Phi) is 3.35. The van der Waals surface area contributed by atoms with Crippen LogP contribution in [0.2, 0.25) is 0 Å². The molecule has 1 aromatic carbocycles. The highest BCUT2D eigenvalue weighted by Gasteiger charge is 2.09. The smallest absolute Gasteiger partial charge is 0.154 e. The van der Waals surface area contributed by atoms with Crippen molar-refractivity contribution in [2.24, 2.45) is 0 Å². The second-order valence-electron chi connectivity index (χ2n) is 3.14. The fraction of sp³-hybridized carbons (Fsp3) is 0. The first-order chi connectivity index (χ1) is 8.20. The zero-order valence-electron chi connectivity index (χ0n) is 8.52. The maximum Gasteiger partial charge on any atom is 0.154 e. The first-order valence-electron chi connectivity index (χ1n) is 4.69. The summed E-state index contributed by atoms with van der Waals surface area (Å²) in [7, 11) is 0. The molecule has 0 unspecified atom stereocenters. The van der Waals surface area contributed by atoms with E-state index in [0.717, 1.165) is 30.0 Å². The van der Waals surface area contributed by atoms with Crippen LogP contribution in [0.4, 0.5) is 8.78 Å². The number of hydrogen-bond acceptors (Lipinski definition) is 3. The second-order valence-corrected chi connectivity index (χ2v) is 4.22. The zero-order valence-corrected chi connectivity index (χ0v) is 9.34.